The Bertz CT molecular complexity index is 1130. The summed E-state index contributed by atoms with van der Waals surface area (Å²) in [4.78, 5) is 20.4. The van der Waals surface area contributed by atoms with Gasteiger partial charge in [0.15, 0.2) is 0 Å². The second-order valence-corrected chi connectivity index (χ2v) is 7.04. The topological polar surface area (TPSA) is 87.3 Å². The molecular weight excluding hydrogens is 418 g/mol. The van der Waals surface area contributed by atoms with E-state index >= 15 is 0 Å². The van der Waals surface area contributed by atoms with Crippen LogP contribution in [0.4, 0.5) is 0 Å². The molecule has 0 spiro atoms. The van der Waals surface area contributed by atoms with E-state index in [1.165, 1.54) is 6.20 Å². The number of ether oxygens (including phenoxy) is 2. The fourth-order valence-electron chi connectivity index (χ4n) is 2.71. The molecule has 0 aliphatic heterocycles. The van der Waals surface area contributed by atoms with E-state index in [-0.39, 0.29) is 19.0 Å². The summed E-state index contributed by atoms with van der Waals surface area (Å²) in [5, 5.41) is 4.52. The Balaban J connectivity index is 1.29. The van der Waals surface area contributed by atoms with Crippen molar-refractivity contribution in [2.24, 2.45) is 0 Å². The molecule has 2 aromatic heterocycles. The number of rotatable bonds is 8. The maximum atomic E-state index is 11.9. The minimum absolute atomic E-state index is 0.162. The molecule has 4 rings (SSSR count). The molecule has 0 unspecified atom stereocenters. The van der Waals surface area contributed by atoms with Gasteiger partial charge in [-0.15, -0.1) is 0 Å². The number of aromatic nitrogens is 3. The molecule has 0 aliphatic rings. The Hall–Kier alpha value is -3.71. The first-order valence-electron chi connectivity index (χ1n) is 9.58. The van der Waals surface area contributed by atoms with Gasteiger partial charge in [-0.3, -0.25) is 4.79 Å². The van der Waals surface area contributed by atoms with E-state index in [0.717, 1.165) is 11.1 Å². The summed E-state index contributed by atoms with van der Waals surface area (Å²) in [5.41, 5.74) is 1.70. The lowest BCUT2D eigenvalue weighted by molar-refractivity contribution is -0.145. The number of hydrogen-bond acceptors (Lipinski definition) is 7. The minimum Gasteiger partial charge on any atom is -0.461 e. The molecule has 0 saturated carbocycles. The van der Waals surface area contributed by atoms with Gasteiger partial charge >= 0.3 is 5.97 Å². The van der Waals surface area contributed by atoms with Crippen molar-refractivity contribution in [1.29, 1.82) is 0 Å². The Labute approximate surface area is 183 Å². The third-order valence-corrected chi connectivity index (χ3v) is 4.51. The fraction of sp³-hybridized carbons (Fsp3) is 0.130. The molecule has 0 fully saturated rings. The standard InChI is InChI=1S/C23H18ClN3O4/c24-18-8-11-20(25-14-18)30-19-9-6-17(7-10-19)23-26-21(31-27-23)12-13-22(28)29-15-16-4-2-1-3-5-16/h1-11,14H,12-13,15H2. The molecule has 0 N–H and O–H groups in total. The van der Waals surface area contributed by atoms with E-state index < -0.39 is 0 Å². The molecule has 2 heterocycles. The summed E-state index contributed by atoms with van der Waals surface area (Å²) < 4.78 is 16.2. The molecule has 0 bridgehead atoms. The predicted octanol–water partition coefficient (Wildman–Crippen LogP) is 5.25. The zero-order valence-electron chi connectivity index (χ0n) is 16.4. The molecule has 2 aromatic carbocycles. The predicted molar refractivity (Wildman–Crippen MR) is 114 cm³/mol. The van der Waals surface area contributed by atoms with Crippen molar-refractivity contribution < 1.29 is 18.8 Å². The Kier molecular flexibility index (Phi) is 6.54. The number of aryl methyl sites for hydroxylation is 1. The Morgan fingerprint density at radius 3 is 2.55 bits per heavy atom. The van der Waals surface area contributed by atoms with Gasteiger partial charge in [-0.2, -0.15) is 4.98 Å². The first-order chi connectivity index (χ1) is 15.2. The van der Waals surface area contributed by atoms with Crippen molar-refractivity contribution >= 4 is 17.6 Å². The zero-order valence-corrected chi connectivity index (χ0v) is 17.2. The van der Waals surface area contributed by atoms with Crippen LogP contribution >= 0.6 is 11.6 Å². The summed E-state index contributed by atoms with van der Waals surface area (Å²) in [6, 6.07) is 20.1. The molecule has 0 atom stereocenters. The molecule has 0 amide bonds. The van der Waals surface area contributed by atoms with E-state index in [9.17, 15) is 4.79 Å². The second kappa shape index (κ2) is 9.86. The number of carbonyl (C=O) groups is 1. The second-order valence-electron chi connectivity index (χ2n) is 6.60. The van der Waals surface area contributed by atoms with Crippen molar-refractivity contribution in [1.82, 2.24) is 15.1 Å². The number of nitrogens with zero attached hydrogens (tertiary/aromatic N) is 3. The maximum Gasteiger partial charge on any atom is 0.306 e. The normalized spacial score (nSPS) is 10.6. The highest BCUT2D eigenvalue weighted by Crippen LogP contribution is 2.24. The van der Waals surface area contributed by atoms with Crippen LogP contribution in [0.25, 0.3) is 11.4 Å². The SMILES string of the molecule is O=C(CCc1nc(-c2ccc(Oc3ccc(Cl)cn3)cc2)no1)OCc1ccccc1. The summed E-state index contributed by atoms with van der Waals surface area (Å²) in [6.45, 7) is 0.245. The van der Waals surface area contributed by atoms with Gasteiger partial charge in [-0.25, -0.2) is 4.98 Å². The van der Waals surface area contributed by atoms with Crippen molar-refractivity contribution in [2.45, 2.75) is 19.4 Å². The smallest absolute Gasteiger partial charge is 0.306 e. The molecule has 7 nitrogen and oxygen atoms in total. The van der Waals surface area contributed by atoms with Crippen molar-refractivity contribution in [3.63, 3.8) is 0 Å². The van der Waals surface area contributed by atoms with Gasteiger partial charge in [0.25, 0.3) is 0 Å². The number of hydrogen-bond donors (Lipinski definition) is 0. The molecular formula is C23H18ClN3O4. The van der Waals surface area contributed by atoms with Crippen molar-refractivity contribution in [3.8, 4) is 23.0 Å². The summed E-state index contributed by atoms with van der Waals surface area (Å²) in [7, 11) is 0. The van der Waals surface area contributed by atoms with Crippen LogP contribution in [0.3, 0.4) is 0 Å². The van der Waals surface area contributed by atoms with Gasteiger partial charge in [0, 0.05) is 24.2 Å². The molecule has 4 aromatic rings. The number of carbonyl (C=O) groups excluding carboxylic acids is 1. The summed E-state index contributed by atoms with van der Waals surface area (Å²) >= 11 is 5.82. The van der Waals surface area contributed by atoms with Crippen LogP contribution < -0.4 is 4.74 Å². The number of halogens is 1. The average molecular weight is 436 g/mol. The third kappa shape index (κ3) is 5.90. The fourth-order valence-corrected chi connectivity index (χ4v) is 2.82. The van der Waals surface area contributed by atoms with Gasteiger partial charge in [-0.05, 0) is 35.9 Å². The van der Waals surface area contributed by atoms with Crippen LogP contribution in [0.2, 0.25) is 5.02 Å². The molecule has 8 heteroatoms. The highest BCUT2D eigenvalue weighted by Gasteiger charge is 2.12. The van der Waals surface area contributed by atoms with Gasteiger partial charge in [0.1, 0.15) is 12.4 Å². The van der Waals surface area contributed by atoms with E-state index in [4.69, 9.17) is 25.6 Å². The maximum absolute atomic E-state index is 11.9. The van der Waals surface area contributed by atoms with E-state index in [1.807, 2.05) is 42.5 Å². The number of esters is 1. The van der Waals surface area contributed by atoms with Gasteiger partial charge in [0.05, 0.1) is 11.4 Å². The number of pyridine rings is 1. The number of benzene rings is 2. The molecule has 0 aliphatic carbocycles. The van der Waals surface area contributed by atoms with Crippen LogP contribution in [0.1, 0.15) is 17.9 Å². The van der Waals surface area contributed by atoms with Gasteiger partial charge in [-0.1, -0.05) is 47.1 Å². The highest BCUT2D eigenvalue weighted by molar-refractivity contribution is 6.30. The van der Waals surface area contributed by atoms with Crippen molar-refractivity contribution in [2.75, 3.05) is 0 Å². The third-order valence-electron chi connectivity index (χ3n) is 4.29. The quantitative estimate of drug-likeness (QED) is 0.349. The van der Waals surface area contributed by atoms with E-state index in [0.29, 0.717) is 34.8 Å². The first kappa shape index (κ1) is 20.6. The van der Waals surface area contributed by atoms with Gasteiger partial charge in [0.2, 0.25) is 17.6 Å². The van der Waals surface area contributed by atoms with Crippen LogP contribution in [0.5, 0.6) is 11.6 Å². The molecule has 31 heavy (non-hydrogen) atoms. The zero-order chi connectivity index (χ0) is 21.5. The molecule has 156 valence electrons. The van der Waals surface area contributed by atoms with Gasteiger partial charge < -0.3 is 14.0 Å². The first-order valence-corrected chi connectivity index (χ1v) is 9.95. The summed E-state index contributed by atoms with van der Waals surface area (Å²) in [6.07, 6.45) is 1.99. The Morgan fingerprint density at radius 2 is 1.81 bits per heavy atom. The highest BCUT2D eigenvalue weighted by atomic mass is 35.5. The Morgan fingerprint density at radius 1 is 1.00 bits per heavy atom. The largest absolute Gasteiger partial charge is 0.461 e. The molecule has 0 radical (unpaired) electrons. The lowest BCUT2D eigenvalue weighted by Crippen LogP contribution is -2.06. The summed E-state index contributed by atoms with van der Waals surface area (Å²) in [5.74, 6) is 1.55. The van der Waals surface area contributed by atoms with Crippen LogP contribution in [0, 0.1) is 0 Å². The van der Waals surface area contributed by atoms with Crippen LogP contribution in [-0.4, -0.2) is 21.1 Å². The lowest BCUT2D eigenvalue weighted by Gasteiger charge is -2.04. The minimum atomic E-state index is -0.319. The van der Waals surface area contributed by atoms with E-state index in [2.05, 4.69) is 15.1 Å². The lowest BCUT2D eigenvalue weighted by atomic mass is 10.2. The van der Waals surface area contributed by atoms with Crippen molar-refractivity contribution in [3.05, 3.63) is 89.4 Å². The average Bonchev–Trinajstić information content (AvgIpc) is 3.28. The van der Waals surface area contributed by atoms with Crippen LogP contribution in [-0.2, 0) is 22.6 Å². The van der Waals surface area contributed by atoms with E-state index in [1.54, 1.807) is 24.3 Å². The monoisotopic (exact) mass is 435 g/mol. The molecule has 0 saturated heterocycles. The van der Waals surface area contributed by atoms with Crippen LogP contribution in [0.15, 0.2) is 77.4 Å².